The Labute approximate surface area is 130 Å². The van der Waals surface area contributed by atoms with Gasteiger partial charge in [0.15, 0.2) is 0 Å². The number of anilines is 1. The van der Waals surface area contributed by atoms with Crippen molar-refractivity contribution in [2.45, 2.75) is 44.6 Å². The van der Waals surface area contributed by atoms with Crippen LogP contribution >= 0.6 is 0 Å². The summed E-state index contributed by atoms with van der Waals surface area (Å²) in [5.41, 5.74) is 0.377. The minimum Gasteiger partial charge on any atom is -0.371 e. The van der Waals surface area contributed by atoms with Crippen LogP contribution in [0.5, 0.6) is 0 Å². The molecule has 1 amide bonds. The van der Waals surface area contributed by atoms with E-state index >= 15 is 0 Å². The summed E-state index contributed by atoms with van der Waals surface area (Å²) in [5, 5.41) is 13.9. The first-order chi connectivity index (χ1) is 10.6. The van der Waals surface area contributed by atoms with Gasteiger partial charge in [-0.05, 0) is 18.9 Å². The highest BCUT2D eigenvalue weighted by Crippen LogP contribution is 2.24. The minimum atomic E-state index is -0.443. The molecule has 0 atom stereocenters. The van der Waals surface area contributed by atoms with Gasteiger partial charge in [-0.15, -0.1) is 0 Å². The molecular weight excluding hydrogens is 282 g/mol. The number of nitrogens with zero attached hydrogens (tertiary/aromatic N) is 2. The molecule has 0 heterocycles. The first-order valence-electron chi connectivity index (χ1n) is 7.82. The molecular formula is C16H23N3O3. The fourth-order valence-corrected chi connectivity index (χ4v) is 2.93. The van der Waals surface area contributed by atoms with Crippen molar-refractivity contribution in [1.82, 2.24) is 4.90 Å². The van der Waals surface area contributed by atoms with Crippen molar-refractivity contribution in [1.29, 1.82) is 0 Å². The zero-order valence-corrected chi connectivity index (χ0v) is 13.0. The highest BCUT2D eigenvalue weighted by molar-refractivity contribution is 5.81. The number of nitro benzene ring substituents is 1. The number of rotatable bonds is 5. The molecule has 6 heteroatoms. The van der Waals surface area contributed by atoms with Crippen LogP contribution in [0, 0.1) is 10.1 Å². The van der Waals surface area contributed by atoms with E-state index in [4.69, 9.17) is 0 Å². The second-order valence-corrected chi connectivity index (χ2v) is 5.78. The Kier molecular flexibility index (Phi) is 5.75. The van der Waals surface area contributed by atoms with E-state index in [-0.39, 0.29) is 18.1 Å². The van der Waals surface area contributed by atoms with Crippen LogP contribution in [0.15, 0.2) is 24.3 Å². The number of nitro groups is 1. The number of carbonyl (C=O) groups is 1. The molecule has 0 spiro atoms. The van der Waals surface area contributed by atoms with Crippen molar-refractivity contribution in [2.75, 3.05) is 18.9 Å². The van der Waals surface area contributed by atoms with Crippen molar-refractivity contribution >= 4 is 17.3 Å². The molecule has 2 rings (SSSR count). The number of benzene rings is 1. The van der Waals surface area contributed by atoms with Crippen LogP contribution in [0.2, 0.25) is 0 Å². The van der Waals surface area contributed by atoms with Crippen molar-refractivity contribution < 1.29 is 9.72 Å². The third-order valence-electron chi connectivity index (χ3n) is 4.30. The molecule has 1 N–H and O–H groups in total. The first-order valence-corrected chi connectivity index (χ1v) is 7.82. The molecule has 22 heavy (non-hydrogen) atoms. The Balaban J connectivity index is 1.93. The van der Waals surface area contributed by atoms with E-state index in [9.17, 15) is 14.9 Å². The summed E-state index contributed by atoms with van der Waals surface area (Å²) in [6.07, 6.45) is 6.92. The zero-order valence-electron chi connectivity index (χ0n) is 13.0. The summed E-state index contributed by atoms with van der Waals surface area (Å²) in [7, 11) is 1.83. The van der Waals surface area contributed by atoms with Gasteiger partial charge in [-0.25, -0.2) is 0 Å². The lowest BCUT2D eigenvalue weighted by atomic mass is 10.1. The Morgan fingerprint density at radius 1 is 1.27 bits per heavy atom. The lowest BCUT2D eigenvalue weighted by Gasteiger charge is -2.27. The highest BCUT2D eigenvalue weighted by atomic mass is 16.6. The average molecular weight is 305 g/mol. The van der Waals surface area contributed by atoms with Crippen molar-refractivity contribution in [3.8, 4) is 0 Å². The predicted molar refractivity (Wildman–Crippen MR) is 85.8 cm³/mol. The van der Waals surface area contributed by atoms with Gasteiger partial charge in [-0.1, -0.05) is 37.8 Å². The van der Waals surface area contributed by atoms with Gasteiger partial charge in [0.25, 0.3) is 5.69 Å². The molecule has 1 aromatic rings. The molecule has 1 fully saturated rings. The Hall–Kier alpha value is -2.11. The molecule has 0 unspecified atom stereocenters. The SMILES string of the molecule is CN(C(=O)CNc1ccccc1[N+](=O)[O-])C1CCCCCC1. The van der Waals surface area contributed by atoms with E-state index in [1.165, 1.54) is 31.7 Å². The number of para-hydroxylation sites is 2. The molecule has 0 radical (unpaired) electrons. The standard InChI is InChI=1S/C16H23N3O3/c1-18(13-8-4-2-3-5-9-13)16(20)12-17-14-10-6-7-11-15(14)19(21)22/h6-7,10-11,13,17H,2-5,8-9,12H2,1H3. The first kappa shape index (κ1) is 16.3. The number of likely N-dealkylation sites (N-methyl/N-ethyl adjacent to an activating group) is 1. The molecule has 1 saturated carbocycles. The normalized spacial score (nSPS) is 15.9. The highest BCUT2D eigenvalue weighted by Gasteiger charge is 2.21. The van der Waals surface area contributed by atoms with Crippen molar-refractivity contribution in [2.24, 2.45) is 0 Å². The molecule has 0 bridgehead atoms. The Morgan fingerprint density at radius 2 is 1.91 bits per heavy atom. The summed E-state index contributed by atoms with van der Waals surface area (Å²) in [6, 6.07) is 6.68. The second-order valence-electron chi connectivity index (χ2n) is 5.78. The van der Waals surface area contributed by atoms with E-state index in [2.05, 4.69) is 5.32 Å². The van der Waals surface area contributed by atoms with Gasteiger partial charge in [-0.2, -0.15) is 0 Å². The topological polar surface area (TPSA) is 75.5 Å². The third-order valence-corrected chi connectivity index (χ3v) is 4.30. The van der Waals surface area contributed by atoms with Crippen molar-refractivity contribution in [3.63, 3.8) is 0 Å². The number of nitrogens with one attached hydrogen (secondary N) is 1. The molecule has 0 saturated heterocycles. The summed E-state index contributed by atoms with van der Waals surface area (Å²) < 4.78 is 0. The number of amides is 1. The maximum absolute atomic E-state index is 12.3. The third kappa shape index (κ3) is 4.19. The minimum absolute atomic E-state index is 0.00702. The van der Waals surface area contributed by atoms with Gasteiger partial charge < -0.3 is 10.2 Å². The largest absolute Gasteiger partial charge is 0.371 e. The van der Waals surface area contributed by atoms with Gasteiger partial charge in [0.05, 0.1) is 11.5 Å². The van der Waals surface area contributed by atoms with E-state index < -0.39 is 4.92 Å². The number of carbonyl (C=O) groups excluding carboxylic acids is 1. The lowest BCUT2D eigenvalue weighted by molar-refractivity contribution is -0.383. The Morgan fingerprint density at radius 3 is 2.55 bits per heavy atom. The number of hydrogen-bond acceptors (Lipinski definition) is 4. The summed E-state index contributed by atoms with van der Waals surface area (Å²) in [4.78, 5) is 24.6. The van der Waals surface area contributed by atoms with Gasteiger partial charge in [0, 0.05) is 19.2 Å². The van der Waals surface area contributed by atoms with E-state index in [0.29, 0.717) is 11.7 Å². The molecule has 1 aliphatic carbocycles. The van der Waals surface area contributed by atoms with Crippen LogP contribution in [0.25, 0.3) is 0 Å². The second kappa shape index (κ2) is 7.77. The summed E-state index contributed by atoms with van der Waals surface area (Å²) in [6.45, 7) is 0.0812. The maximum atomic E-state index is 12.3. The Bertz CT molecular complexity index is 525. The quantitative estimate of drug-likeness (QED) is 0.515. The van der Waals surface area contributed by atoms with Crippen molar-refractivity contribution in [3.05, 3.63) is 34.4 Å². The van der Waals surface area contributed by atoms with E-state index in [1.807, 2.05) is 7.05 Å². The summed E-state index contributed by atoms with van der Waals surface area (Å²) >= 11 is 0. The van der Waals surface area contributed by atoms with Crippen LogP contribution in [0.4, 0.5) is 11.4 Å². The van der Waals surface area contributed by atoms with Crippen LogP contribution in [-0.2, 0) is 4.79 Å². The van der Waals surface area contributed by atoms with Gasteiger partial charge in [-0.3, -0.25) is 14.9 Å². The van der Waals surface area contributed by atoms with E-state index in [1.54, 1.807) is 23.1 Å². The van der Waals surface area contributed by atoms with Gasteiger partial charge >= 0.3 is 0 Å². The van der Waals surface area contributed by atoms with Crippen LogP contribution < -0.4 is 5.32 Å². The molecule has 0 aromatic heterocycles. The zero-order chi connectivity index (χ0) is 15.9. The predicted octanol–water partition coefficient (Wildman–Crippen LogP) is 3.19. The van der Waals surface area contributed by atoms with Gasteiger partial charge in [0.1, 0.15) is 5.69 Å². The smallest absolute Gasteiger partial charge is 0.292 e. The lowest BCUT2D eigenvalue weighted by Crippen LogP contribution is -2.40. The average Bonchev–Trinajstić information content (AvgIpc) is 2.81. The molecule has 1 aliphatic rings. The summed E-state index contributed by atoms with van der Waals surface area (Å²) in [5.74, 6) is -0.0231. The molecule has 6 nitrogen and oxygen atoms in total. The van der Waals surface area contributed by atoms with E-state index in [0.717, 1.165) is 12.8 Å². The fourth-order valence-electron chi connectivity index (χ4n) is 2.93. The van der Waals surface area contributed by atoms with Crippen LogP contribution in [0.3, 0.4) is 0 Å². The molecule has 0 aliphatic heterocycles. The molecule has 120 valence electrons. The van der Waals surface area contributed by atoms with Crippen LogP contribution in [-0.4, -0.2) is 35.4 Å². The molecule has 1 aromatic carbocycles. The monoisotopic (exact) mass is 305 g/mol. The fraction of sp³-hybridized carbons (Fsp3) is 0.562. The van der Waals surface area contributed by atoms with Gasteiger partial charge in [0.2, 0.25) is 5.91 Å². The number of hydrogen-bond donors (Lipinski definition) is 1. The van der Waals surface area contributed by atoms with Crippen LogP contribution in [0.1, 0.15) is 38.5 Å². The maximum Gasteiger partial charge on any atom is 0.292 e.